The van der Waals surface area contributed by atoms with Crippen LogP contribution in [0.15, 0.2) is 29.1 Å². The van der Waals surface area contributed by atoms with Gasteiger partial charge in [-0.15, -0.1) is 0 Å². The standard InChI is InChI=1S/C26H31F3N6O4/c1-24(2,3)19(33-22(38)26(27,28)29)21(37)35-12-14-17(25(14,4)5)18(35)20(36)31-13(10-30)11-34-16-9-7-6-8-15(16)32-23(34)39/h6-9,13-14,17-19H,11-12H2,1-5H3,(H,31,36)(H,32,39)(H,33,38)/t13-,14+,17-,18+,19-/m1/s1. The first-order chi connectivity index (χ1) is 18.0. The maximum absolute atomic E-state index is 13.6. The first-order valence-electron chi connectivity index (χ1n) is 12.5. The highest BCUT2D eigenvalue weighted by Crippen LogP contribution is 2.65. The van der Waals surface area contributed by atoms with Crippen molar-refractivity contribution in [3.05, 3.63) is 34.7 Å². The van der Waals surface area contributed by atoms with E-state index in [4.69, 9.17) is 0 Å². The molecule has 2 heterocycles. The largest absolute Gasteiger partial charge is 0.471 e. The molecule has 1 aliphatic carbocycles. The van der Waals surface area contributed by atoms with Crippen molar-refractivity contribution in [2.24, 2.45) is 22.7 Å². The second kappa shape index (κ2) is 9.43. The average molecular weight is 549 g/mol. The van der Waals surface area contributed by atoms with Gasteiger partial charge in [0, 0.05) is 6.54 Å². The molecule has 0 radical (unpaired) electrons. The number of hydrogen-bond acceptors (Lipinski definition) is 5. The number of halogens is 3. The Balaban J connectivity index is 1.58. The summed E-state index contributed by atoms with van der Waals surface area (Å²) in [6.07, 6.45) is -5.18. The van der Waals surface area contributed by atoms with Gasteiger partial charge in [-0.3, -0.25) is 19.0 Å². The fraction of sp³-hybridized carbons (Fsp3) is 0.577. The molecule has 10 nitrogen and oxygen atoms in total. The summed E-state index contributed by atoms with van der Waals surface area (Å²) in [5.74, 6) is -4.04. The number of carbonyl (C=O) groups is 3. The minimum absolute atomic E-state index is 0.0760. The molecule has 2 aromatic rings. The zero-order chi connectivity index (χ0) is 29.1. The van der Waals surface area contributed by atoms with Crippen LogP contribution < -0.4 is 16.3 Å². The van der Waals surface area contributed by atoms with Crippen LogP contribution in [0.25, 0.3) is 11.0 Å². The minimum Gasteiger partial charge on any atom is -0.337 e. The molecule has 1 aromatic heterocycles. The molecule has 0 spiro atoms. The van der Waals surface area contributed by atoms with Gasteiger partial charge in [0.15, 0.2) is 0 Å². The van der Waals surface area contributed by atoms with Crippen LogP contribution in [0.1, 0.15) is 34.6 Å². The van der Waals surface area contributed by atoms with E-state index in [2.05, 4.69) is 10.3 Å². The van der Waals surface area contributed by atoms with Gasteiger partial charge in [0.25, 0.3) is 0 Å². The van der Waals surface area contributed by atoms with Gasteiger partial charge in [-0.25, -0.2) is 4.79 Å². The Labute approximate surface area is 222 Å². The number of para-hydroxylation sites is 2. The fourth-order valence-electron chi connectivity index (χ4n) is 5.69. The van der Waals surface area contributed by atoms with Crippen LogP contribution in [0, 0.1) is 34.0 Å². The molecule has 4 rings (SSSR count). The summed E-state index contributed by atoms with van der Waals surface area (Å²) in [5, 5.41) is 14.2. The van der Waals surface area contributed by atoms with Gasteiger partial charge < -0.3 is 20.5 Å². The Morgan fingerprint density at radius 2 is 1.82 bits per heavy atom. The predicted octanol–water partition coefficient (Wildman–Crippen LogP) is 1.91. The van der Waals surface area contributed by atoms with Crippen LogP contribution in [0.5, 0.6) is 0 Å². The Kier molecular flexibility index (Phi) is 6.82. The number of imidazole rings is 1. The molecule has 2 aliphatic rings. The van der Waals surface area contributed by atoms with Crippen LogP contribution >= 0.6 is 0 Å². The number of aromatic amines is 1. The molecule has 39 heavy (non-hydrogen) atoms. The highest BCUT2D eigenvalue weighted by Gasteiger charge is 2.70. The van der Waals surface area contributed by atoms with Crippen molar-refractivity contribution in [2.75, 3.05) is 6.54 Å². The minimum atomic E-state index is -5.18. The number of benzene rings is 1. The van der Waals surface area contributed by atoms with Gasteiger partial charge in [0.05, 0.1) is 23.6 Å². The van der Waals surface area contributed by atoms with Gasteiger partial charge >= 0.3 is 17.8 Å². The molecule has 210 valence electrons. The normalized spacial score (nSPS) is 23.5. The third-order valence-corrected chi connectivity index (χ3v) is 7.93. The van der Waals surface area contributed by atoms with E-state index in [1.165, 1.54) is 30.2 Å². The van der Waals surface area contributed by atoms with E-state index in [0.717, 1.165) is 0 Å². The Morgan fingerprint density at radius 3 is 2.41 bits per heavy atom. The Morgan fingerprint density at radius 1 is 1.18 bits per heavy atom. The van der Waals surface area contributed by atoms with E-state index in [1.54, 1.807) is 24.3 Å². The number of hydrogen-bond donors (Lipinski definition) is 3. The lowest BCUT2D eigenvalue weighted by Crippen LogP contribution is -2.61. The molecule has 1 saturated heterocycles. The lowest BCUT2D eigenvalue weighted by Gasteiger charge is -2.37. The van der Waals surface area contributed by atoms with E-state index < -0.39 is 53.1 Å². The molecule has 0 bridgehead atoms. The van der Waals surface area contributed by atoms with E-state index >= 15 is 0 Å². The van der Waals surface area contributed by atoms with Crippen molar-refractivity contribution in [2.45, 2.75) is 65.5 Å². The van der Waals surface area contributed by atoms with Gasteiger partial charge in [0.2, 0.25) is 11.8 Å². The van der Waals surface area contributed by atoms with Crippen molar-refractivity contribution in [3.63, 3.8) is 0 Å². The van der Waals surface area contributed by atoms with Crippen molar-refractivity contribution in [1.29, 1.82) is 5.26 Å². The van der Waals surface area contributed by atoms with Gasteiger partial charge in [0.1, 0.15) is 18.1 Å². The molecule has 3 N–H and O–H groups in total. The molecular formula is C26H31F3N6O4. The summed E-state index contributed by atoms with van der Waals surface area (Å²) in [7, 11) is 0. The molecule has 3 amide bonds. The van der Waals surface area contributed by atoms with Gasteiger partial charge in [-0.2, -0.15) is 18.4 Å². The molecular weight excluding hydrogens is 517 g/mol. The lowest BCUT2D eigenvalue weighted by atomic mass is 9.85. The molecule has 5 atom stereocenters. The number of H-pyrrole nitrogens is 1. The SMILES string of the molecule is CC(C)(C)[C@H](NC(=O)C(F)(F)F)C(=O)N1C[C@H]2[C@H]([C@H]1C(=O)N[C@H](C#N)Cn1c(=O)[nH]c3ccccc31)C2(C)C. The van der Waals surface area contributed by atoms with Gasteiger partial charge in [-0.05, 0) is 34.8 Å². The molecule has 13 heteroatoms. The summed E-state index contributed by atoms with van der Waals surface area (Å²) in [6.45, 7) is 8.40. The Hall–Kier alpha value is -3.82. The number of nitrogens with zero attached hydrogens (tertiary/aromatic N) is 3. The zero-order valence-electron chi connectivity index (χ0n) is 22.2. The van der Waals surface area contributed by atoms with E-state index in [9.17, 15) is 37.6 Å². The molecule has 1 aliphatic heterocycles. The monoisotopic (exact) mass is 548 g/mol. The third-order valence-electron chi connectivity index (χ3n) is 7.93. The molecule has 2 fully saturated rings. The van der Waals surface area contributed by atoms with Crippen LogP contribution in [0.2, 0.25) is 0 Å². The highest BCUT2D eigenvalue weighted by molar-refractivity contribution is 5.95. The number of amides is 3. The number of likely N-dealkylation sites (tertiary alicyclic amines) is 1. The number of rotatable bonds is 6. The number of aromatic nitrogens is 2. The highest BCUT2D eigenvalue weighted by atomic mass is 19.4. The van der Waals surface area contributed by atoms with Crippen molar-refractivity contribution in [1.82, 2.24) is 25.1 Å². The number of alkyl halides is 3. The van der Waals surface area contributed by atoms with Crippen molar-refractivity contribution < 1.29 is 27.6 Å². The second-order valence-electron chi connectivity index (χ2n) is 11.9. The third kappa shape index (κ3) is 5.12. The van der Waals surface area contributed by atoms with E-state index in [-0.39, 0.29) is 30.3 Å². The molecule has 0 unspecified atom stereocenters. The molecule has 1 saturated carbocycles. The smallest absolute Gasteiger partial charge is 0.337 e. The van der Waals surface area contributed by atoms with Crippen molar-refractivity contribution >= 4 is 28.8 Å². The van der Waals surface area contributed by atoms with Crippen LogP contribution in [-0.4, -0.2) is 63.0 Å². The van der Waals surface area contributed by atoms with Crippen LogP contribution in [0.3, 0.4) is 0 Å². The maximum Gasteiger partial charge on any atom is 0.471 e. The summed E-state index contributed by atoms with van der Waals surface area (Å²) >= 11 is 0. The maximum atomic E-state index is 13.6. The quantitative estimate of drug-likeness (QED) is 0.506. The summed E-state index contributed by atoms with van der Waals surface area (Å²) in [6, 6.07) is 5.12. The first-order valence-corrected chi connectivity index (χ1v) is 12.5. The van der Waals surface area contributed by atoms with Crippen molar-refractivity contribution in [3.8, 4) is 6.07 Å². The fourth-order valence-corrected chi connectivity index (χ4v) is 5.69. The average Bonchev–Trinajstić information content (AvgIpc) is 3.15. The summed E-state index contributed by atoms with van der Waals surface area (Å²) < 4.78 is 40.4. The van der Waals surface area contributed by atoms with Crippen LogP contribution in [-0.2, 0) is 20.9 Å². The van der Waals surface area contributed by atoms with E-state index in [0.29, 0.717) is 11.0 Å². The zero-order valence-corrected chi connectivity index (χ0v) is 22.2. The number of fused-ring (bicyclic) bond motifs is 2. The number of carbonyl (C=O) groups excluding carboxylic acids is 3. The molecule has 1 aromatic carbocycles. The number of nitriles is 1. The van der Waals surface area contributed by atoms with Gasteiger partial charge in [-0.1, -0.05) is 46.8 Å². The van der Waals surface area contributed by atoms with Crippen LogP contribution in [0.4, 0.5) is 13.2 Å². The number of nitrogens with one attached hydrogen (secondary N) is 3. The lowest BCUT2D eigenvalue weighted by molar-refractivity contribution is -0.176. The number of piperidine rings is 1. The topological polar surface area (TPSA) is 140 Å². The predicted molar refractivity (Wildman–Crippen MR) is 134 cm³/mol. The first kappa shape index (κ1) is 28.2. The Bertz CT molecular complexity index is 1410. The summed E-state index contributed by atoms with van der Waals surface area (Å²) in [5.41, 5.74) is -0.741. The summed E-state index contributed by atoms with van der Waals surface area (Å²) in [4.78, 5) is 55.3. The second-order valence-corrected chi connectivity index (χ2v) is 11.9. The van der Waals surface area contributed by atoms with E-state index in [1.807, 2.05) is 25.2 Å².